The number of benzene rings is 2. The normalized spacial score (nSPS) is 24.6. The molecular weight excluding hydrogens is 348 g/mol. The number of nitrogens with zero attached hydrogens (tertiary/aromatic N) is 2. The molecule has 2 saturated heterocycles. The van der Waals surface area contributed by atoms with Crippen LogP contribution in [0, 0.1) is 13.8 Å². The van der Waals surface area contributed by atoms with Crippen molar-refractivity contribution in [3.8, 4) is 0 Å². The number of piperazine rings is 1. The molecule has 2 atom stereocenters. The van der Waals surface area contributed by atoms with Crippen molar-refractivity contribution < 1.29 is 13.2 Å². The number of anilines is 2. The molecule has 2 aliphatic heterocycles. The first kappa shape index (κ1) is 17.1. The third-order valence-corrected chi connectivity index (χ3v) is 6.98. The van der Waals surface area contributed by atoms with Crippen LogP contribution in [0.3, 0.4) is 0 Å². The summed E-state index contributed by atoms with van der Waals surface area (Å²) >= 11 is 0. The predicted octanol–water partition coefficient (Wildman–Crippen LogP) is 2.32. The maximum atomic E-state index is 13.0. The van der Waals surface area contributed by atoms with Crippen LogP contribution >= 0.6 is 0 Å². The van der Waals surface area contributed by atoms with Crippen molar-refractivity contribution in [1.29, 1.82) is 0 Å². The van der Waals surface area contributed by atoms with E-state index in [4.69, 9.17) is 0 Å². The van der Waals surface area contributed by atoms with Gasteiger partial charge in [-0.15, -0.1) is 0 Å². The lowest BCUT2D eigenvalue weighted by Crippen LogP contribution is -2.62. The molecule has 26 heavy (non-hydrogen) atoms. The maximum absolute atomic E-state index is 13.0. The first-order valence-corrected chi connectivity index (χ1v) is 10.6. The Morgan fingerprint density at radius 1 is 0.808 bits per heavy atom. The van der Waals surface area contributed by atoms with Crippen molar-refractivity contribution in [3.63, 3.8) is 0 Å². The zero-order valence-electron chi connectivity index (χ0n) is 14.9. The summed E-state index contributed by atoms with van der Waals surface area (Å²) in [6.45, 7) is 4.19. The Balaban J connectivity index is 1.74. The summed E-state index contributed by atoms with van der Waals surface area (Å²) in [6, 6.07) is 15.0. The first-order chi connectivity index (χ1) is 12.3. The highest BCUT2D eigenvalue weighted by molar-refractivity contribution is 7.91. The second-order valence-corrected chi connectivity index (χ2v) is 9.43. The van der Waals surface area contributed by atoms with E-state index in [-0.39, 0.29) is 36.0 Å². The molecule has 2 aliphatic rings. The molecule has 2 aromatic rings. The summed E-state index contributed by atoms with van der Waals surface area (Å²) in [5, 5.41) is 0. The molecule has 0 spiro atoms. The van der Waals surface area contributed by atoms with E-state index in [0.717, 1.165) is 22.5 Å². The Kier molecular flexibility index (Phi) is 4.03. The van der Waals surface area contributed by atoms with Gasteiger partial charge in [0.25, 0.3) is 0 Å². The lowest BCUT2D eigenvalue weighted by molar-refractivity contribution is -0.118. The quantitative estimate of drug-likeness (QED) is 0.814. The van der Waals surface area contributed by atoms with E-state index in [9.17, 15) is 13.2 Å². The SMILES string of the molecule is Cc1ccc(N2CC(=O)N(c3ccc(C)cc3)[C@@H]3CS(=O)(=O)C[C@@H]32)cc1. The van der Waals surface area contributed by atoms with Gasteiger partial charge in [0, 0.05) is 11.4 Å². The Hall–Kier alpha value is -2.34. The van der Waals surface area contributed by atoms with Gasteiger partial charge in [-0.05, 0) is 38.1 Å². The Labute approximate surface area is 154 Å². The van der Waals surface area contributed by atoms with Crippen LogP contribution in [0.2, 0.25) is 0 Å². The zero-order valence-corrected chi connectivity index (χ0v) is 15.7. The molecule has 4 rings (SSSR count). The largest absolute Gasteiger partial charge is 0.356 e. The molecule has 0 N–H and O–H groups in total. The Morgan fingerprint density at radius 2 is 1.31 bits per heavy atom. The molecule has 0 aromatic heterocycles. The number of sulfone groups is 1. The van der Waals surface area contributed by atoms with Crippen molar-refractivity contribution in [2.75, 3.05) is 27.9 Å². The molecule has 1 amide bonds. The average Bonchev–Trinajstić information content (AvgIpc) is 2.91. The summed E-state index contributed by atoms with van der Waals surface area (Å²) < 4.78 is 24.8. The van der Waals surface area contributed by atoms with Crippen LogP contribution in [0.5, 0.6) is 0 Å². The minimum atomic E-state index is -3.19. The van der Waals surface area contributed by atoms with Gasteiger partial charge in [-0.25, -0.2) is 8.42 Å². The molecule has 0 bridgehead atoms. The fourth-order valence-corrected chi connectivity index (χ4v) is 5.89. The van der Waals surface area contributed by atoms with E-state index < -0.39 is 9.84 Å². The van der Waals surface area contributed by atoms with Crippen molar-refractivity contribution in [2.45, 2.75) is 25.9 Å². The van der Waals surface area contributed by atoms with Crippen molar-refractivity contribution in [3.05, 3.63) is 59.7 Å². The standard InChI is InChI=1S/C20H22N2O3S/c1-14-3-7-16(8-4-14)21-11-20(23)22(17-9-5-15(2)6-10-17)19-13-26(24,25)12-18(19)21/h3-10,18-19H,11-13H2,1-2H3/t18-,19+/m0/s1. The van der Waals surface area contributed by atoms with Gasteiger partial charge in [0.15, 0.2) is 9.84 Å². The second-order valence-electron chi connectivity index (χ2n) is 7.27. The van der Waals surface area contributed by atoms with E-state index in [2.05, 4.69) is 0 Å². The monoisotopic (exact) mass is 370 g/mol. The second kappa shape index (κ2) is 6.13. The van der Waals surface area contributed by atoms with E-state index in [1.165, 1.54) is 0 Å². The number of amides is 1. The highest BCUT2D eigenvalue weighted by Gasteiger charge is 2.49. The fourth-order valence-electron chi connectivity index (χ4n) is 3.94. The molecule has 0 aliphatic carbocycles. The summed E-state index contributed by atoms with van der Waals surface area (Å²) in [6.07, 6.45) is 0. The summed E-state index contributed by atoms with van der Waals surface area (Å²) in [5.74, 6) is 0.0358. The van der Waals surface area contributed by atoms with E-state index in [0.29, 0.717) is 0 Å². The van der Waals surface area contributed by atoms with E-state index >= 15 is 0 Å². The summed E-state index contributed by atoms with van der Waals surface area (Å²) in [4.78, 5) is 16.6. The predicted molar refractivity (Wildman–Crippen MR) is 103 cm³/mol. The van der Waals surface area contributed by atoms with Crippen LogP contribution < -0.4 is 9.80 Å². The average molecular weight is 370 g/mol. The number of hydrogen-bond donors (Lipinski definition) is 0. The van der Waals surface area contributed by atoms with Crippen molar-refractivity contribution in [1.82, 2.24) is 0 Å². The van der Waals surface area contributed by atoms with Gasteiger partial charge in [-0.1, -0.05) is 35.4 Å². The van der Waals surface area contributed by atoms with Gasteiger partial charge < -0.3 is 9.80 Å². The number of fused-ring (bicyclic) bond motifs is 1. The highest BCUT2D eigenvalue weighted by atomic mass is 32.2. The van der Waals surface area contributed by atoms with E-state index in [1.807, 2.05) is 67.3 Å². The molecule has 0 radical (unpaired) electrons. The van der Waals surface area contributed by atoms with Gasteiger partial charge in [0.2, 0.25) is 5.91 Å². The molecular formula is C20H22N2O3S. The number of carbonyl (C=O) groups excluding carboxylic acids is 1. The molecule has 2 aromatic carbocycles. The Bertz CT molecular complexity index is 936. The van der Waals surface area contributed by atoms with Gasteiger partial charge in [0.1, 0.15) is 0 Å². The third-order valence-electron chi connectivity index (χ3n) is 5.28. The van der Waals surface area contributed by atoms with Gasteiger partial charge in [0.05, 0.1) is 30.1 Å². The number of rotatable bonds is 2. The molecule has 5 nitrogen and oxygen atoms in total. The van der Waals surface area contributed by atoms with Crippen LogP contribution in [0.15, 0.2) is 48.5 Å². The molecule has 6 heteroatoms. The minimum absolute atomic E-state index is 0.0135. The fraction of sp³-hybridized carbons (Fsp3) is 0.350. The van der Waals surface area contributed by atoms with Crippen LogP contribution in [0.25, 0.3) is 0 Å². The zero-order chi connectivity index (χ0) is 18.5. The summed E-state index contributed by atoms with van der Waals surface area (Å²) in [7, 11) is -3.19. The highest BCUT2D eigenvalue weighted by Crippen LogP contribution is 2.34. The smallest absolute Gasteiger partial charge is 0.246 e. The molecule has 0 saturated carbocycles. The topological polar surface area (TPSA) is 57.7 Å². The van der Waals surface area contributed by atoms with Crippen LogP contribution in [0.1, 0.15) is 11.1 Å². The van der Waals surface area contributed by atoms with Gasteiger partial charge in [-0.2, -0.15) is 0 Å². The van der Waals surface area contributed by atoms with Crippen molar-refractivity contribution in [2.24, 2.45) is 0 Å². The minimum Gasteiger partial charge on any atom is -0.356 e. The molecule has 2 heterocycles. The number of hydrogen-bond acceptors (Lipinski definition) is 4. The van der Waals surface area contributed by atoms with Crippen LogP contribution in [-0.2, 0) is 14.6 Å². The third kappa shape index (κ3) is 2.98. The number of aryl methyl sites for hydroxylation is 2. The van der Waals surface area contributed by atoms with Crippen LogP contribution in [-0.4, -0.2) is 44.5 Å². The summed E-state index contributed by atoms with van der Waals surface area (Å²) in [5.41, 5.74) is 3.92. The van der Waals surface area contributed by atoms with E-state index in [1.54, 1.807) is 4.90 Å². The molecule has 0 unspecified atom stereocenters. The van der Waals surface area contributed by atoms with Crippen molar-refractivity contribution >= 4 is 27.1 Å². The first-order valence-electron chi connectivity index (χ1n) is 8.76. The molecule has 2 fully saturated rings. The molecule has 136 valence electrons. The lowest BCUT2D eigenvalue weighted by atomic mass is 10.0. The lowest BCUT2D eigenvalue weighted by Gasteiger charge is -2.44. The van der Waals surface area contributed by atoms with Gasteiger partial charge >= 0.3 is 0 Å². The Morgan fingerprint density at radius 3 is 1.88 bits per heavy atom. The van der Waals surface area contributed by atoms with Gasteiger partial charge in [-0.3, -0.25) is 4.79 Å². The van der Waals surface area contributed by atoms with Crippen LogP contribution in [0.4, 0.5) is 11.4 Å². The number of carbonyl (C=O) groups is 1. The maximum Gasteiger partial charge on any atom is 0.246 e.